The van der Waals surface area contributed by atoms with Gasteiger partial charge in [-0.05, 0) is 38.0 Å². The smallest absolute Gasteiger partial charge is 0.223 e. The van der Waals surface area contributed by atoms with E-state index in [1.807, 2.05) is 11.0 Å². The molecule has 3 N–H and O–H groups in total. The average Bonchev–Trinajstić information content (AvgIpc) is 3.44. The highest BCUT2D eigenvalue weighted by molar-refractivity contribution is 5.99. The molecule has 2 atom stereocenters. The number of piperidine rings is 1. The lowest BCUT2D eigenvalue weighted by molar-refractivity contribution is -0.116. The molecule has 1 spiro atoms. The Kier molecular flexibility index (Phi) is 5.31. The van der Waals surface area contributed by atoms with Crippen LogP contribution < -0.4 is 20.4 Å². The molecule has 0 bridgehead atoms. The van der Waals surface area contributed by atoms with Crippen LogP contribution in [-0.2, 0) is 9.53 Å². The van der Waals surface area contributed by atoms with Gasteiger partial charge in [-0.25, -0.2) is 9.97 Å². The van der Waals surface area contributed by atoms with Crippen LogP contribution >= 0.6 is 0 Å². The van der Waals surface area contributed by atoms with Gasteiger partial charge in [0, 0.05) is 44.6 Å². The summed E-state index contributed by atoms with van der Waals surface area (Å²) in [4.78, 5) is 27.8. The molecular formula is C25H29N9O2. The van der Waals surface area contributed by atoms with Crippen molar-refractivity contribution in [2.24, 2.45) is 11.1 Å². The Labute approximate surface area is 208 Å². The molecule has 5 heterocycles. The quantitative estimate of drug-likeness (QED) is 0.556. The number of nitrogens with zero attached hydrogens (tertiary/aromatic N) is 7. The predicted octanol–water partition coefficient (Wildman–Crippen LogP) is 2.06. The Morgan fingerprint density at radius 1 is 1.25 bits per heavy atom. The second kappa shape index (κ2) is 8.43. The lowest BCUT2D eigenvalue weighted by Crippen LogP contribution is -2.50. The van der Waals surface area contributed by atoms with E-state index >= 15 is 0 Å². The van der Waals surface area contributed by atoms with Gasteiger partial charge in [-0.15, -0.1) is 0 Å². The van der Waals surface area contributed by atoms with E-state index in [0.717, 1.165) is 44.0 Å². The molecule has 11 nitrogen and oxygen atoms in total. The largest absolute Gasteiger partial charge is 0.376 e. The van der Waals surface area contributed by atoms with E-state index in [2.05, 4.69) is 28.1 Å². The Morgan fingerprint density at radius 3 is 2.75 bits per heavy atom. The molecule has 0 aliphatic carbocycles. The number of rotatable bonds is 2. The van der Waals surface area contributed by atoms with Gasteiger partial charge in [0.2, 0.25) is 5.91 Å². The summed E-state index contributed by atoms with van der Waals surface area (Å²) in [6, 6.07) is 7.57. The normalized spacial score (nSPS) is 23.2. The van der Waals surface area contributed by atoms with Gasteiger partial charge in [0.25, 0.3) is 0 Å². The van der Waals surface area contributed by atoms with E-state index in [-0.39, 0.29) is 23.5 Å². The zero-order chi connectivity index (χ0) is 25.0. The van der Waals surface area contributed by atoms with Gasteiger partial charge in [-0.3, -0.25) is 9.89 Å². The van der Waals surface area contributed by atoms with Crippen LogP contribution in [0.3, 0.4) is 0 Å². The number of ether oxygens (including phenoxy) is 1. The maximum absolute atomic E-state index is 12.2. The first-order valence-electron chi connectivity index (χ1n) is 12.3. The van der Waals surface area contributed by atoms with Crippen LogP contribution in [0.5, 0.6) is 0 Å². The number of carbonyl (C=O) groups is 1. The minimum absolute atomic E-state index is 0.0510. The summed E-state index contributed by atoms with van der Waals surface area (Å²) in [5.41, 5.74) is 9.80. The molecule has 11 heteroatoms. The highest BCUT2D eigenvalue weighted by Crippen LogP contribution is 2.42. The Balaban J connectivity index is 1.27. The molecule has 2 fully saturated rings. The number of hydrogen-bond acceptors (Lipinski definition) is 9. The highest BCUT2D eigenvalue weighted by Gasteiger charge is 2.47. The molecule has 3 aromatic rings. The van der Waals surface area contributed by atoms with Crippen molar-refractivity contribution in [2.75, 3.05) is 47.5 Å². The van der Waals surface area contributed by atoms with E-state index in [1.54, 1.807) is 23.2 Å². The fourth-order valence-corrected chi connectivity index (χ4v) is 5.80. The van der Waals surface area contributed by atoms with Gasteiger partial charge < -0.3 is 25.2 Å². The number of anilines is 4. The number of amides is 1. The molecule has 186 valence electrons. The lowest BCUT2D eigenvalue weighted by Gasteiger charge is -2.41. The number of hydrogen-bond donors (Lipinski definition) is 2. The zero-order valence-corrected chi connectivity index (χ0v) is 20.4. The number of nitrogens with two attached hydrogens (primary N) is 1. The summed E-state index contributed by atoms with van der Waals surface area (Å²) in [6.45, 7) is 7.06. The van der Waals surface area contributed by atoms with Crippen molar-refractivity contribution in [3.63, 3.8) is 0 Å². The third-order valence-corrected chi connectivity index (χ3v) is 8.04. The molecule has 3 aliphatic rings. The van der Waals surface area contributed by atoms with Crippen LogP contribution in [0.15, 0.2) is 24.4 Å². The topological polar surface area (TPSA) is 140 Å². The summed E-state index contributed by atoms with van der Waals surface area (Å²) < 4.78 is 5.85. The Bertz CT molecular complexity index is 1370. The van der Waals surface area contributed by atoms with Gasteiger partial charge in [-0.1, -0.05) is 0 Å². The summed E-state index contributed by atoms with van der Waals surface area (Å²) >= 11 is 0. The molecule has 0 unspecified atom stereocenters. The zero-order valence-electron chi connectivity index (χ0n) is 20.4. The summed E-state index contributed by atoms with van der Waals surface area (Å²) in [6.07, 6.45) is 3.84. The van der Waals surface area contributed by atoms with Gasteiger partial charge in [-0.2, -0.15) is 10.4 Å². The van der Waals surface area contributed by atoms with Crippen molar-refractivity contribution in [2.45, 2.75) is 38.8 Å². The Morgan fingerprint density at radius 2 is 2.06 bits per heavy atom. The standard InChI is InChI=1S/C25H29N9O2/c1-15-22(27)25(14-36-15)5-7-32(8-6-25)20-13-28-21-23(29-20)30-31-24(21)34-10-9-33(16(2)35)19-11-17(12-26)3-4-18(19)34/h3-4,11,13,15,22H,5-10,14,27H2,1-2H3,(H,29,30,31)/t15-,22+/m0/s1. The first-order chi connectivity index (χ1) is 17.4. The highest BCUT2D eigenvalue weighted by atomic mass is 16.5. The molecule has 1 aromatic carbocycles. The van der Waals surface area contributed by atoms with Gasteiger partial charge in [0.15, 0.2) is 17.0 Å². The van der Waals surface area contributed by atoms with Gasteiger partial charge in [0.05, 0.1) is 41.9 Å². The third kappa shape index (κ3) is 3.48. The molecule has 1 amide bonds. The minimum Gasteiger partial charge on any atom is -0.376 e. The summed E-state index contributed by atoms with van der Waals surface area (Å²) in [5, 5.41) is 17.0. The molecule has 3 aliphatic heterocycles. The molecule has 0 radical (unpaired) electrons. The molecular weight excluding hydrogens is 458 g/mol. The van der Waals surface area contributed by atoms with E-state index in [1.165, 1.54) is 6.92 Å². The SMILES string of the molecule is CC(=O)N1CCN(c2n[nH]c3nc(N4CCC5(CC4)CO[C@@H](C)[C@H]5N)cnc23)c2ccc(C#N)cc21. The van der Waals surface area contributed by atoms with E-state index in [4.69, 9.17) is 20.4 Å². The number of nitriles is 1. The molecule has 2 aromatic heterocycles. The van der Waals surface area contributed by atoms with Crippen LogP contribution in [0.1, 0.15) is 32.3 Å². The fraction of sp³-hybridized carbons (Fsp3) is 0.480. The molecule has 2 saturated heterocycles. The average molecular weight is 488 g/mol. The molecule has 6 rings (SSSR count). The van der Waals surface area contributed by atoms with E-state index in [9.17, 15) is 10.1 Å². The second-order valence-electron chi connectivity index (χ2n) is 10.0. The van der Waals surface area contributed by atoms with Crippen molar-refractivity contribution in [1.82, 2.24) is 20.2 Å². The number of fused-ring (bicyclic) bond motifs is 2. The van der Waals surface area contributed by atoms with Crippen molar-refractivity contribution >= 4 is 40.1 Å². The van der Waals surface area contributed by atoms with Crippen molar-refractivity contribution in [3.05, 3.63) is 30.0 Å². The van der Waals surface area contributed by atoms with Crippen molar-refractivity contribution < 1.29 is 9.53 Å². The van der Waals surface area contributed by atoms with E-state index in [0.29, 0.717) is 41.3 Å². The third-order valence-electron chi connectivity index (χ3n) is 8.04. The van der Waals surface area contributed by atoms with Crippen molar-refractivity contribution in [3.8, 4) is 6.07 Å². The maximum Gasteiger partial charge on any atom is 0.223 e. The number of nitrogens with one attached hydrogen (secondary N) is 1. The Hall–Kier alpha value is -3.75. The number of H-pyrrole nitrogens is 1. The summed E-state index contributed by atoms with van der Waals surface area (Å²) in [5.74, 6) is 1.40. The van der Waals surface area contributed by atoms with Crippen LogP contribution in [0, 0.1) is 16.7 Å². The monoisotopic (exact) mass is 487 g/mol. The van der Waals surface area contributed by atoms with Gasteiger partial charge >= 0.3 is 0 Å². The van der Waals surface area contributed by atoms with Crippen LogP contribution in [0.25, 0.3) is 11.2 Å². The summed E-state index contributed by atoms with van der Waals surface area (Å²) in [7, 11) is 0. The fourth-order valence-electron chi connectivity index (χ4n) is 5.80. The van der Waals surface area contributed by atoms with E-state index < -0.39 is 0 Å². The second-order valence-corrected chi connectivity index (χ2v) is 10.0. The van der Waals surface area contributed by atoms with Crippen LogP contribution in [0.4, 0.5) is 23.0 Å². The van der Waals surface area contributed by atoms with Crippen LogP contribution in [0.2, 0.25) is 0 Å². The number of aromatic nitrogens is 4. The maximum atomic E-state index is 12.2. The number of aromatic amines is 1. The lowest BCUT2D eigenvalue weighted by atomic mass is 9.73. The van der Waals surface area contributed by atoms with Crippen molar-refractivity contribution in [1.29, 1.82) is 5.26 Å². The van der Waals surface area contributed by atoms with Gasteiger partial charge in [0.1, 0.15) is 5.82 Å². The van der Waals surface area contributed by atoms with Crippen LogP contribution in [-0.4, -0.2) is 71.0 Å². The first-order valence-corrected chi connectivity index (χ1v) is 12.3. The number of carbonyl (C=O) groups excluding carboxylic acids is 1. The molecule has 0 saturated carbocycles. The first kappa shape index (κ1) is 22.7. The minimum atomic E-state index is -0.0646. The number of benzene rings is 1. The molecule has 36 heavy (non-hydrogen) atoms. The predicted molar refractivity (Wildman–Crippen MR) is 135 cm³/mol.